The summed E-state index contributed by atoms with van der Waals surface area (Å²) in [7, 11) is -3.32. The van der Waals surface area contributed by atoms with Crippen LogP contribution in [0.5, 0.6) is 0 Å². The zero-order valence-corrected chi connectivity index (χ0v) is 11.1. The highest BCUT2D eigenvalue weighted by atomic mass is 32.2. The highest BCUT2D eigenvalue weighted by molar-refractivity contribution is 7.91. The first-order chi connectivity index (χ1) is 8.69. The summed E-state index contributed by atoms with van der Waals surface area (Å²) >= 11 is 0. The van der Waals surface area contributed by atoms with Gasteiger partial charge in [0.1, 0.15) is 0 Å². The van der Waals surface area contributed by atoms with Crippen molar-refractivity contribution in [3.05, 3.63) is 35.4 Å². The first-order valence-electron chi connectivity index (χ1n) is 5.81. The molecule has 2 unspecified atom stereocenters. The molecule has 1 N–H and O–H groups in total. The predicted octanol–water partition coefficient (Wildman–Crippen LogP) is 2.15. The molecule has 1 aliphatic heterocycles. The second-order valence-electron chi connectivity index (χ2n) is 4.78. The van der Waals surface area contributed by atoms with Crippen LogP contribution in [0.2, 0.25) is 0 Å². The van der Waals surface area contributed by atoms with Gasteiger partial charge in [-0.1, -0.05) is 18.2 Å². The summed E-state index contributed by atoms with van der Waals surface area (Å²) in [5.74, 6) is -0.345. The monoisotopic (exact) mass is 293 g/mol. The molecule has 7 heteroatoms. The molecule has 1 aliphatic rings. The maximum absolute atomic E-state index is 12.9. The zero-order chi connectivity index (χ0) is 14.3. The third-order valence-electron chi connectivity index (χ3n) is 3.05. The van der Waals surface area contributed by atoms with E-state index in [0.717, 1.165) is 6.07 Å². The van der Waals surface area contributed by atoms with Gasteiger partial charge in [-0.2, -0.15) is 13.2 Å². The van der Waals surface area contributed by atoms with Crippen molar-refractivity contribution < 1.29 is 21.6 Å². The second-order valence-corrected chi connectivity index (χ2v) is 6.94. The van der Waals surface area contributed by atoms with E-state index >= 15 is 0 Å². The summed E-state index contributed by atoms with van der Waals surface area (Å²) < 4.78 is 62.1. The van der Waals surface area contributed by atoms with E-state index in [1.807, 2.05) is 0 Å². The van der Waals surface area contributed by atoms with E-state index < -0.39 is 27.6 Å². The molecule has 19 heavy (non-hydrogen) atoms. The Labute approximate surface area is 109 Å². The molecule has 0 aromatic heterocycles. The molecular formula is C12H14F3NO2S. The third-order valence-corrected chi connectivity index (χ3v) is 4.90. The highest BCUT2D eigenvalue weighted by Crippen LogP contribution is 2.35. The molecule has 0 bridgehead atoms. The van der Waals surface area contributed by atoms with Gasteiger partial charge in [-0.15, -0.1) is 0 Å². The van der Waals surface area contributed by atoms with Crippen molar-refractivity contribution in [2.75, 3.05) is 11.5 Å². The van der Waals surface area contributed by atoms with Crippen molar-refractivity contribution in [2.45, 2.75) is 25.2 Å². The van der Waals surface area contributed by atoms with Crippen molar-refractivity contribution in [3.8, 4) is 0 Å². The molecular weight excluding hydrogens is 279 g/mol. The number of sulfone groups is 1. The molecule has 1 saturated heterocycles. The summed E-state index contributed by atoms with van der Waals surface area (Å²) in [6.45, 7) is 1.65. The summed E-state index contributed by atoms with van der Waals surface area (Å²) in [5.41, 5.74) is -0.790. The minimum absolute atomic E-state index is 0.00914. The van der Waals surface area contributed by atoms with Crippen LogP contribution in [0.1, 0.15) is 24.1 Å². The van der Waals surface area contributed by atoms with Gasteiger partial charge >= 0.3 is 6.18 Å². The van der Waals surface area contributed by atoms with Gasteiger partial charge in [0.15, 0.2) is 9.84 Å². The molecule has 1 heterocycles. The predicted molar refractivity (Wildman–Crippen MR) is 65.4 cm³/mol. The van der Waals surface area contributed by atoms with E-state index in [4.69, 9.17) is 0 Å². The lowest BCUT2D eigenvalue weighted by Gasteiger charge is -2.30. The molecule has 0 saturated carbocycles. The minimum Gasteiger partial charge on any atom is -0.306 e. The van der Waals surface area contributed by atoms with Crippen molar-refractivity contribution in [1.29, 1.82) is 0 Å². The molecule has 0 spiro atoms. The Morgan fingerprint density at radius 1 is 1.21 bits per heavy atom. The average Bonchev–Trinajstić information content (AvgIpc) is 2.25. The quantitative estimate of drug-likeness (QED) is 0.863. The average molecular weight is 293 g/mol. The smallest absolute Gasteiger partial charge is 0.306 e. The van der Waals surface area contributed by atoms with Crippen LogP contribution in [0.15, 0.2) is 24.3 Å². The Hall–Kier alpha value is -1.08. The standard InChI is InChI=1S/C12H14F3NO2S/c1-8-6-19(17,18)7-11(16-8)9-4-2-3-5-10(9)12(13,14)15/h2-5,8,11,16H,6-7H2,1H3. The number of alkyl halides is 3. The van der Waals surface area contributed by atoms with E-state index in [2.05, 4.69) is 5.32 Å². The van der Waals surface area contributed by atoms with Gasteiger partial charge < -0.3 is 5.32 Å². The lowest BCUT2D eigenvalue weighted by molar-refractivity contribution is -0.138. The van der Waals surface area contributed by atoms with Gasteiger partial charge in [-0.3, -0.25) is 0 Å². The van der Waals surface area contributed by atoms with Crippen LogP contribution in [-0.4, -0.2) is 26.0 Å². The molecule has 0 radical (unpaired) electrons. The van der Waals surface area contributed by atoms with E-state index in [0.29, 0.717) is 0 Å². The van der Waals surface area contributed by atoms with Crippen LogP contribution in [0, 0.1) is 0 Å². The topological polar surface area (TPSA) is 46.2 Å². The van der Waals surface area contributed by atoms with Crippen LogP contribution >= 0.6 is 0 Å². The van der Waals surface area contributed by atoms with Gasteiger partial charge in [0.2, 0.25) is 0 Å². The summed E-state index contributed by atoms with van der Waals surface area (Å²) in [5, 5.41) is 2.92. The van der Waals surface area contributed by atoms with Crippen molar-refractivity contribution in [2.24, 2.45) is 0 Å². The number of hydrogen-bond acceptors (Lipinski definition) is 3. The summed E-state index contributed by atoms with van der Waals surface area (Å²) in [4.78, 5) is 0. The lowest BCUT2D eigenvalue weighted by Crippen LogP contribution is -2.46. The first kappa shape index (κ1) is 14.3. The normalized spacial score (nSPS) is 27.2. The molecule has 1 aromatic rings. The number of halogens is 3. The summed E-state index contributed by atoms with van der Waals surface area (Å²) in [6, 6.07) is 3.92. The maximum atomic E-state index is 12.9. The number of nitrogens with one attached hydrogen (secondary N) is 1. The molecule has 1 fully saturated rings. The van der Waals surface area contributed by atoms with Crippen molar-refractivity contribution in [3.63, 3.8) is 0 Å². The highest BCUT2D eigenvalue weighted by Gasteiger charge is 2.38. The van der Waals surface area contributed by atoms with Crippen LogP contribution in [0.3, 0.4) is 0 Å². The Kier molecular flexibility index (Phi) is 3.61. The molecule has 1 aromatic carbocycles. The fourth-order valence-corrected chi connectivity index (χ4v) is 4.16. The van der Waals surface area contributed by atoms with Crippen molar-refractivity contribution >= 4 is 9.84 Å². The number of benzene rings is 1. The van der Waals surface area contributed by atoms with Crippen LogP contribution < -0.4 is 5.32 Å². The maximum Gasteiger partial charge on any atom is 0.416 e. The van der Waals surface area contributed by atoms with E-state index in [1.165, 1.54) is 18.2 Å². The van der Waals surface area contributed by atoms with Crippen molar-refractivity contribution in [1.82, 2.24) is 5.32 Å². The Morgan fingerprint density at radius 3 is 2.42 bits per heavy atom. The number of rotatable bonds is 1. The largest absolute Gasteiger partial charge is 0.416 e. The van der Waals surface area contributed by atoms with Gasteiger partial charge in [-0.25, -0.2) is 8.42 Å². The molecule has 0 amide bonds. The van der Waals surface area contributed by atoms with Crippen LogP contribution in [0.25, 0.3) is 0 Å². The molecule has 106 valence electrons. The first-order valence-corrected chi connectivity index (χ1v) is 7.64. The van der Waals surface area contributed by atoms with Gasteiger partial charge in [0.05, 0.1) is 17.1 Å². The Balaban J connectivity index is 2.42. The lowest BCUT2D eigenvalue weighted by atomic mass is 10.0. The zero-order valence-electron chi connectivity index (χ0n) is 10.2. The van der Waals surface area contributed by atoms with E-state index in [-0.39, 0.29) is 23.1 Å². The van der Waals surface area contributed by atoms with E-state index in [1.54, 1.807) is 6.92 Å². The number of hydrogen-bond donors (Lipinski definition) is 1. The van der Waals surface area contributed by atoms with Crippen LogP contribution in [-0.2, 0) is 16.0 Å². The molecule has 2 atom stereocenters. The molecule has 3 nitrogen and oxygen atoms in total. The SMILES string of the molecule is CC1CS(=O)(=O)CC(c2ccccc2C(F)(F)F)N1. The Bertz CT molecular complexity index is 569. The van der Waals surface area contributed by atoms with E-state index in [9.17, 15) is 21.6 Å². The third kappa shape index (κ3) is 3.27. The summed E-state index contributed by atoms with van der Waals surface area (Å²) in [6.07, 6.45) is -4.48. The minimum atomic E-state index is -4.48. The fraction of sp³-hybridized carbons (Fsp3) is 0.500. The second kappa shape index (κ2) is 4.79. The Morgan fingerprint density at radius 2 is 1.84 bits per heavy atom. The van der Waals surface area contributed by atoms with Gasteiger partial charge in [-0.05, 0) is 18.6 Å². The fourth-order valence-electron chi connectivity index (χ4n) is 2.38. The van der Waals surface area contributed by atoms with Gasteiger partial charge in [0, 0.05) is 12.1 Å². The molecule has 2 rings (SSSR count). The van der Waals surface area contributed by atoms with Crippen LogP contribution in [0.4, 0.5) is 13.2 Å². The van der Waals surface area contributed by atoms with Gasteiger partial charge in [0.25, 0.3) is 0 Å². The molecule has 0 aliphatic carbocycles.